The first-order chi connectivity index (χ1) is 8.99. The van der Waals surface area contributed by atoms with Crippen LogP contribution >= 0.6 is 15.9 Å². The molecule has 2 rings (SSSR count). The molecule has 0 saturated carbocycles. The molecule has 0 saturated heterocycles. The molecule has 0 unspecified atom stereocenters. The van der Waals surface area contributed by atoms with Crippen LogP contribution in [0.3, 0.4) is 0 Å². The Bertz CT molecular complexity index is 626. The molecular formula is C11H12BrN5O2. The van der Waals surface area contributed by atoms with E-state index in [1.807, 2.05) is 0 Å². The van der Waals surface area contributed by atoms with Crippen LogP contribution < -0.4 is 11.1 Å². The Hall–Kier alpha value is -2.09. The van der Waals surface area contributed by atoms with Gasteiger partial charge < -0.3 is 11.1 Å². The van der Waals surface area contributed by atoms with Gasteiger partial charge in [-0.2, -0.15) is 5.10 Å². The number of aryl methyl sites for hydroxylation is 1. The molecule has 19 heavy (non-hydrogen) atoms. The van der Waals surface area contributed by atoms with Gasteiger partial charge in [0.05, 0.1) is 11.1 Å². The average Bonchev–Trinajstić information content (AvgIpc) is 2.68. The van der Waals surface area contributed by atoms with Gasteiger partial charge in [-0.15, -0.1) is 0 Å². The molecule has 3 N–H and O–H groups in total. The fraction of sp³-hybridized carbons (Fsp3) is 0.182. The van der Waals surface area contributed by atoms with Crippen molar-refractivity contribution >= 4 is 33.1 Å². The maximum absolute atomic E-state index is 11.0. The van der Waals surface area contributed by atoms with E-state index >= 15 is 0 Å². The third-order valence-corrected chi connectivity index (χ3v) is 3.18. The quantitative estimate of drug-likeness (QED) is 0.663. The molecule has 0 aliphatic heterocycles. The summed E-state index contributed by atoms with van der Waals surface area (Å²) in [5, 5.41) is 18.0. The van der Waals surface area contributed by atoms with Crippen molar-refractivity contribution in [3.05, 3.63) is 44.5 Å². The lowest BCUT2D eigenvalue weighted by molar-refractivity contribution is -0.384. The predicted molar refractivity (Wildman–Crippen MR) is 75.7 cm³/mol. The normalized spacial score (nSPS) is 10.4. The second-order valence-electron chi connectivity index (χ2n) is 3.95. The Labute approximate surface area is 117 Å². The van der Waals surface area contributed by atoms with Crippen LogP contribution in [0.25, 0.3) is 0 Å². The summed E-state index contributed by atoms with van der Waals surface area (Å²) in [5.74, 6) is 0.535. The van der Waals surface area contributed by atoms with Crippen LogP contribution in [0, 0.1) is 10.1 Å². The van der Waals surface area contributed by atoms with Crippen molar-refractivity contribution in [3.8, 4) is 0 Å². The number of nitrogens with one attached hydrogen (secondary N) is 1. The van der Waals surface area contributed by atoms with Gasteiger partial charge in [0.2, 0.25) is 0 Å². The van der Waals surface area contributed by atoms with Crippen molar-refractivity contribution in [3.63, 3.8) is 0 Å². The smallest absolute Gasteiger partial charge is 0.293 e. The number of aromatic nitrogens is 2. The molecule has 100 valence electrons. The van der Waals surface area contributed by atoms with Gasteiger partial charge in [0.1, 0.15) is 11.5 Å². The van der Waals surface area contributed by atoms with Crippen LogP contribution in [0.15, 0.2) is 28.9 Å². The topological polar surface area (TPSA) is 99.0 Å². The van der Waals surface area contributed by atoms with E-state index in [-0.39, 0.29) is 5.69 Å². The molecule has 0 bridgehead atoms. The zero-order chi connectivity index (χ0) is 14.0. The maximum atomic E-state index is 11.0. The minimum Gasteiger partial charge on any atom is -0.384 e. The van der Waals surface area contributed by atoms with Gasteiger partial charge in [0, 0.05) is 29.7 Å². The Kier molecular flexibility index (Phi) is 3.70. The Balaban J connectivity index is 2.20. The first-order valence-corrected chi connectivity index (χ1v) is 6.22. The number of nitrogens with two attached hydrogens (primary N) is 1. The Morgan fingerprint density at radius 1 is 1.58 bits per heavy atom. The summed E-state index contributed by atoms with van der Waals surface area (Å²) in [4.78, 5) is 10.5. The second-order valence-corrected chi connectivity index (χ2v) is 4.87. The number of benzene rings is 1. The summed E-state index contributed by atoms with van der Waals surface area (Å²) in [6, 6.07) is 4.84. The minimum atomic E-state index is -0.431. The molecule has 7 nitrogen and oxygen atoms in total. The van der Waals surface area contributed by atoms with E-state index in [1.54, 1.807) is 30.1 Å². The molecule has 1 aromatic heterocycles. The number of nitro groups is 1. The van der Waals surface area contributed by atoms with Crippen LogP contribution in [-0.2, 0) is 13.6 Å². The number of anilines is 2. The molecule has 1 aromatic carbocycles. The summed E-state index contributed by atoms with van der Waals surface area (Å²) in [5.41, 5.74) is 7.05. The lowest BCUT2D eigenvalue weighted by atomic mass is 10.2. The Morgan fingerprint density at radius 2 is 2.32 bits per heavy atom. The lowest BCUT2D eigenvalue weighted by Gasteiger charge is -2.07. The van der Waals surface area contributed by atoms with Gasteiger partial charge in [-0.05, 0) is 12.1 Å². The molecule has 0 radical (unpaired) electrons. The number of nitro benzene ring substituents is 1. The maximum Gasteiger partial charge on any atom is 0.293 e. The lowest BCUT2D eigenvalue weighted by Crippen LogP contribution is -2.05. The molecular weight excluding hydrogens is 314 g/mol. The molecule has 0 amide bonds. The summed E-state index contributed by atoms with van der Waals surface area (Å²) in [7, 11) is 1.74. The zero-order valence-corrected chi connectivity index (χ0v) is 11.7. The number of nitrogen functional groups attached to an aromatic ring is 1. The van der Waals surface area contributed by atoms with E-state index in [2.05, 4.69) is 26.3 Å². The highest BCUT2D eigenvalue weighted by Gasteiger charge is 2.14. The van der Waals surface area contributed by atoms with E-state index in [9.17, 15) is 10.1 Å². The van der Waals surface area contributed by atoms with E-state index in [1.165, 1.54) is 6.07 Å². The molecule has 0 aliphatic carbocycles. The monoisotopic (exact) mass is 325 g/mol. The third kappa shape index (κ3) is 2.84. The van der Waals surface area contributed by atoms with Crippen molar-refractivity contribution in [2.24, 2.45) is 7.05 Å². The summed E-state index contributed by atoms with van der Waals surface area (Å²) >= 11 is 3.21. The van der Waals surface area contributed by atoms with Gasteiger partial charge in [-0.25, -0.2) is 0 Å². The van der Waals surface area contributed by atoms with Crippen molar-refractivity contribution in [1.82, 2.24) is 9.78 Å². The summed E-state index contributed by atoms with van der Waals surface area (Å²) in [6.07, 6.45) is 1.63. The van der Waals surface area contributed by atoms with Crippen LogP contribution in [0.1, 0.15) is 5.56 Å². The third-order valence-electron chi connectivity index (χ3n) is 2.69. The number of halogens is 1. The Morgan fingerprint density at radius 3 is 2.89 bits per heavy atom. The number of hydrogen-bond donors (Lipinski definition) is 2. The number of nitrogens with zero attached hydrogens (tertiary/aromatic N) is 3. The van der Waals surface area contributed by atoms with Gasteiger partial charge in [0.25, 0.3) is 5.69 Å². The van der Waals surface area contributed by atoms with E-state index < -0.39 is 4.92 Å². The molecule has 0 atom stereocenters. The van der Waals surface area contributed by atoms with Crippen LogP contribution in [0.5, 0.6) is 0 Å². The molecule has 1 heterocycles. The van der Waals surface area contributed by atoms with Crippen molar-refractivity contribution < 1.29 is 4.92 Å². The van der Waals surface area contributed by atoms with Crippen LogP contribution in [0.2, 0.25) is 0 Å². The molecule has 8 heteroatoms. The molecule has 0 fully saturated rings. The highest BCUT2D eigenvalue weighted by atomic mass is 79.9. The first-order valence-electron chi connectivity index (χ1n) is 5.43. The first kappa shape index (κ1) is 13.3. The summed E-state index contributed by atoms with van der Waals surface area (Å²) < 4.78 is 2.21. The molecule has 0 aliphatic rings. The van der Waals surface area contributed by atoms with E-state index in [0.29, 0.717) is 22.5 Å². The van der Waals surface area contributed by atoms with E-state index in [4.69, 9.17) is 5.73 Å². The standard InChI is InChI=1S/C11H12BrN5O2/c1-16-11(13)7(6-15-16)5-14-9-3-2-8(12)4-10(9)17(18)19/h2-4,6,14H,5,13H2,1H3. The van der Waals surface area contributed by atoms with Gasteiger partial charge >= 0.3 is 0 Å². The predicted octanol–water partition coefficient (Wildman–Crippen LogP) is 2.29. The van der Waals surface area contributed by atoms with Crippen LogP contribution in [-0.4, -0.2) is 14.7 Å². The van der Waals surface area contributed by atoms with Gasteiger partial charge in [-0.3, -0.25) is 14.8 Å². The molecule has 0 spiro atoms. The van der Waals surface area contributed by atoms with Crippen molar-refractivity contribution in [1.29, 1.82) is 0 Å². The minimum absolute atomic E-state index is 0.0110. The second kappa shape index (κ2) is 5.27. The van der Waals surface area contributed by atoms with Crippen molar-refractivity contribution in [2.45, 2.75) is 6.54 Å². The van der Waals surface area contributed by atoms with Gasteiger partial charge in [0.15, 0.2) is 0 Å². The van der Waals surface area contributed by atoms with Crippen LogP contribution in [0.4, 0.5) is 17.2 Å². The SMILES string of the molecule is Cn1ncc(CNc2ccc(Br)cc2[N+](=O)[O-])c1N. The number of rotatable bonds is 4. The largest absolute Gasteiger partial charge is 0.384 e. The highest BCUT2D eigenvalue weighted by Crippen LogP contribution is 2.28. The zero-order valence-electron chi connectivity index (χ0n) is 10.1. The fourth-order valence-electron chi connectivity index (χ4n) is 1.62. The average molecular weight is 326 g/mol. The number of hydrogen-bond acceptors (Lipinski definition) is 5. The summed E-state index contributed by atoms with van der Waals surface area (Å²) in [6.45, 7) is 0.377. The fourth-order valence-corrected chi connectivity index (χ4v) is 1.97. The highest BCUT2D eigenvalue weighted by molar-refractivity contribution is 9.10. The van der Waals surface area contributed by atoms with Gasteiger partial charge in [-0.1, -0.05) is 15.9 Å². The van der Waals surface area contributed by atoms with Crippen molar-refractivity contribution in [2.75, 3.05) is 11.1 Å². The van der Waals surface area contributed by atoms with E-state index in [0.717, 1.165) is 5.56 Å². The molecule has 2 aromatic rings.